The summed E-state index contributed by atoms with van der Waals surface area (Å²) < 4.78 is 16.0. The van der Waals surface area contributed by atoms with Gasteiger partial charge < -0.3 is 29.5 Å². The van der Waals surface area contributed by atoms with Gasteiger partial charge in [0, 0.05) is 24.5 Å². The topological polar surface area (TPSA) is 126 Å². The third-order valence-corrected chi connectivity index (χ3v) is 4.64. The molecule has 0 aromatic heterocycles. The molecular weight excluding hydrogens is 356 g/mol. The number of epoxide rings is 1. The van der Waals surface area contributed by atoms with Crippen molar-refractivity contribution in [1.82, 2.24) is 0 Å². The molecule has 1 aromatic rings. The van der Waals surface area contributed by atoms with E-state index in [1.54, 1.807) is 13.0 Å². The number of methoxy groups -OCH3 is 1. The van der Waals surface area contributed by atoms with Gasteiger partial charge in [0.05, 0.1) is 19.3 Å². The van der Waals surface area contributed by atoms with E-state index in [2.05, 4.69) is 0 Å². The molecule has 146 valence electrons. The SMILES string of the molecule is COc1cc(O)c2c(c1)[C@H]1O[C@H]1CC(O)[C@H](O)C(=O)/C=C\C[C@H](C)OC2=O. The predicted molar refractivity (Wildman–Crippen MR) is 92.5 cm³/mol. The maximum absolute atomic E-state index is 12.6. The zero-order valence-corrected chi connectivity index (χ0v) is 15.0. The summed E-state index contributed by atoms with van der Waals surface area (Å²) in [5.41, 5.74) is 0.344. The number of aromatic hydroxyl groups is 1. The molecule has 1 unspecified atom stereocenters. The van der Waals surface area contributed by atoms with Crippen molar-refractivity contribution in [2.75, 3.05) is 7.11 Å². The number of rotatable bonds is 1. The Hall–Kier alpha value is -2.42. The molecule has 2 heterocycles. The molecule has 0 bridgehead atoms. The Balaban J connectivity index is 1.98. The van der Waals surface area contributed by atoms with Crippen LogP contribution in [0.3, 0.4) is 0 Å². The van der Waals surface area contributed by atoms with Crippen molar-refractivity contribution < 1.29 is 39.1 Å². The van der Waals surface area contributed by atoms with E-state index in [0.717, 1.165) is 6.08 Å². The summed E-state index contributed by atoms with van der Waals surface area (Å²) in [5, 5.41) is 30.4. The lowest BCUT2D eigenvalue weighted by Gasteiger charge is -2.17. The Kier molecular flexibility index (Phi) is 5.50. The van der Waals surface area contributed by atoms with Gasteiger partial charge in [-0.3, -0.25) is 4.79 Å². The average molecular weight is 378 g/mol. The third kappa shape index (κ3) is 4.13. The Morgan fingerprint density at radius 1 is 1.22 bits per heavy atom. The summed E-state index contributed by atoms with van der Waals surface area (Å²) >= 11 is 0. The standard InChI is InChI=1S/C19H22O8/c1-9-4-3-5-12(20)17(23)14(22)8-15-18(27-15)11-6-10(25-2)7-13(21)16(11)19(24)26-9/h3,5-7,9,14-15,17-18,21-23H,4,8H2,1-2H3/b5-3-/t9-,14?,15-,17+,18+/m0/s1. The first-order valence-electron chi connectivity index (χ1n) is 8.65. The molecule has 1 fully saturated rings. The number of benzene rings is 1. The van der Waals surface area contributed by atoms with Crippen LogP contribution < -0.4 is 4.74 Å². The van der Waals surface area contributed by atoms with Crippen LogP contribution in [0.25, 0.3) is 0 Å². The summed E-state index contributed by atoms with van der Waals surface area (Å²) in [6, 6.07) is 2.87. The first-order chi connectivity index (χ1) is 12.8. The van der Waals surface area contributed by atoms with Crippen LogP contribution in [0.1, 0.15) is 41.8 Å². The normalized spacial score (nSPS) is 32.5. The van der Waals surface area contributed by atoms with Crippen LogP contribution in [-0.4, -0.2) is 58.6 Å². The van der Waals surface area contributed by atoms with Gasteiger partial charge in [-0.05, 0) is 19.1 Å². The molecule has 1 aromatic carbocycles. The summed E-state index contributed by atoms with van der Waals surface area (Å²) in [6.45, 7) is 1.64. The molecule has 2 aliphatic rings. The van der Waals surface area contributed by atoms with E-state index >= 15 is 0 Å². The number of ether oxygens (including phenoxy) is 3. The van der Waals surface area contributed by atoms with Crippen LogP contribution in [-0.2, 0) is 14.3 Å². The summed E-state index contributed by atoms with van der Waals surface area (Å²) in [7, 11) is 1.42. The van der Waals surface area contributed by atoms with Crippen molar-refractivity contribution in [1.29, 1.82) is 0 Å². The number of aliphatic hydroxyl groups excluding tert-OH is 2. The highest BCUT2D eigenvalue weighted by molar-refractivity contribution is 5.95. The Morgan fingerprint density at radius 2 is 1.96 bits per heavy atom. The molecule has 27 heavy (non-hydrogen) atoms. The number of carbonyl (C=O) groups is 2. The molecule has 0 radical (unpaired) electrons. The molecule has 0 aliphatic carbocycles. The number of aliphatic hydroxyl groups is 2. The van der Waals surface area contributed by atoms with Crippen molar-refractivity contribution in [3.8, 4) is 11.5 Å². The molecule has 8 heteroatoms. The third-order valence-electron chi connectivity index (χ3n) is 4.64. The average Bonchev–Trinajstić information content (AvgIpc) is 3.38. The van der Waals surface area contributed by atoms with Gasteiger partial charge in [0.15, 0.2) is 5.78 Å². The van der Waals surface area contributed by atoms with Crippen LogP contribution >= 0.6 is 0 Å². The quantitative estimate of drug-likeness (QED) is 0.489. The highest BCUT2D eigenvalue weighted by Gasteiger charge is 2.46. The summed E-state index contributed by atoms with van der Waals surface area (Å²) in [5.74, 6) is -1.31. The number of carbonyl (C=O) groups excluding carboxylic acids is 2. The first kappa shape index (κ1) is 19.3. The van der Waals surface area contributed by atoms with Gasteiger partial charge in [-0.2, -0.15) is 0 Å². The zero-order chi connectivity index (χ0) is 19.7. The fourth-order valence-corrected chi connectivity index (χ4v) is 3.10. The van der Waals surface area contributed by atoms with Crippen LogP contribution in [0, 0.1) is 0 Å². The lowest BCUT2D eigenvalue weighted by Crippen LogP contribution is -2.34. The van der Waals surface area contributed by atoms with Gasteiger partial charge >= 0.3 is 5.97 Å². The molecule has 8 nitrogen and oxygen atoms in total. The van der Waals surface area contributed by atoms with Crippen LogP contribution in [0.5, 0.6) is 11.5 Å². The maximum atomic E-state index is 12.6. The van der Waals surface area contributed by atoms with E-state index < -0.39 is 42.3 Å². The molecule has 0 saturated carbocycles. The number of hydrogen-bond donors (Lipinski definition) is 3. The molecule has 5 atom stereocenters. The molecule has 0 spiro atoms. The summed E-state index contributed by atoms with van der Waals surface area (Å²) in [4.78, 5) is 24.5. The van der Waals surface area contributed by atoms with Crippen molar-refractivity contribution >= 4 is 11.8 Å². The van der Waals surface area contributed by atoms with Gasteiger partial charge in [-0.15, -0.1) is 0 Å². The van der Waals surface area contributed by atoms with Crippen molar-refractivity contribution in [3.05, 3.63) is 35.4 Å². The van der Waals surface area contributed by atoms with E-state index in [1.807, 2.05) is 0 Å². The highest BCUT2D eigenvalue weighted by Crippen LogP contribution is 2.46. The molecule has 2 aliphatic heterocycles. The highest BCUT2D eigenvalue weighted by atomic mass is 16.6. The minimum absolute atomic E-state index is 0.00568. The Labute approximate surface area is 156 Å². The van der Waals surface area contributed by atoms with E-state index in [-0.39, 0.29) is 24.2 Å². The molecule has 3 rings (SSSR count). The number of cyclic esters (lactones) is 1. The first-order valence-corrected chi connectivity index (χ1v) is 8.65. The number of phenolic OH excluding ortho intramolecular Hbond substituents is 1. The molecule has 1 saturated heterocycles. The van der Waals surface area contributed by atoms with Crippen molar-refractivity contribution in [3.63, 3.8) is 0 Å². The van der Waals surface area contributed by atoms with Crippen LogP contribution in [0.15, 0.2) is 24.3 Å². The van der Waals surface area contributed by atoms with E-state index in [9.17, 15) is 24.9 Å². The Morgan fingerprint density at radius 3 is 2.67 bits per heavy atom. The van der Waals surface area contributed by atoms with Gasteiger partial charge in [-0.1, -0.05) is 6.08 Å². The van der Waals surface area contributed by atoms with Crippen LogP contribution in [0.4, 0.5) is 0 Å². The van der Waals surface area contributed by atoms with Crippen molar-refractivity contribution in [2.24, 2.45) is 0 Å². The lowest BCUT2D eigenvalue weighted by molar-refractivity contribution is -0.128. The number of ketones is 1. The number of hydrogen-bond acceptors (Lipinski definition) is 8. The number of phenols is 1. The number of esters is 1. The van der Waals surface area contributed by atoms with Gasteiger partial charge in [0.25, 0.3) is 0 Å². The smallest absolute Gasteiger partial charge is 0.342 e. The van der Waals surface area contributed by atoms with Crippen LogP contribution in [0.2, 0.25) is 0 Å². The minimum atomic E-state index is -1.56. The van der Waals surface area contributed by atoms with Crippen molar-refractivity contribution in [2.45, 2.75) is 50.3 Å². The second-order valence-corrected chi connectivity index (χ2v) is 6.71. The van der Waals surface area contributed by atoms with Gasteiger partial charge in [0.1, 0.15) is 35.4 Å². The molecule has 0 amide bonds. The summed E-state index contributed by atoms with van der Waals surface area (Å²) in [6.07, 6.45) is -1.72. The fourth-order valence-electron chi connectivity index (χ4n) is 3.10. The lowest BCUT2D eigenvalue weighted by atomic mass is 9.97. The molecule has 3 N–H and O–H groups in total. The maximum Gasteiger partial charge on any atom is 0.342 e. The van der Waals surface area contributed by atoms with E-state index in [1.165, 1.54) is 19.3 Å². The Bertz CT molecular complexity index is 771. The largest absolute Gasteiger partial charge is 0.507 e. The zero-order valence-electron chi connectivity index (χ0n) is 15.0. The predicted octanol–water partition coefficient (Wildman–Crippen LogP) is 1.03. The second-order valence-electron chi connectivity index (χ2n) is 6.71. The molecular formula is C19H22O8. The second kappa shape index (κ2) is 7.67. The van der Waals surface area contributed by atoms with Gasteiger partial charge in [0.2, 0.25) is 0 Å². The van der Waals surface area contributed by atoms with Gasteiger partial charge in [-0.25, -0.2) is 4.79 Å². The van der Waals surface area contributed by atoms with E-state index in [4.69, 9.17) is 14.2 Å². The fraction of sp³-hybridized carbons (Fsp3) is 0.474. The number of fused-ring (bicyclic) bond motifs is 3. The monoisotopic (exact) mass is 378 g/mol. The minimum Gasteiger partial charge on any atom is -0.507 e. The van der Waals surface area contributed by atoms with E-state index in [0.29, 0.717) is 11.3 Å².